The highest BCUT2D eigenvalue weighted by molar-refractivity contribution is 6.06. The van der Waals surface area contributed by atoms with E-state index in [0.717, 1.165) is 64.5 Å². The minimum atomic E-state index is -0.259. The Labute approximate surface area is 229 Å². The summed E-state index contributed by atoms with van der Waals surface area (Å²) in [5.74, 6) is 0.217. The van der Waals surface area contributed by atoms with E-state index in [4.69, 9.17) is 9.47 Å². The monoisotopic (exact) mass is 528 g/mol. The first kappa shape index (κ1) is 26.7. The van der Waals surface area contributed by atoms with Crippen LogP contribution in [0.2, 0.25) is 0 Å². The van der Waals surface area contributed by atoms with Crippen LogP contribution in [0.3, 0.4) is 0 Å². The number of hydrogen-bond acceptors (Lipinski definition) is 6. The Balaban J connectivity index is 1.32. The van der Waals surface area contributed by atoms with Crippen LogP contribution in [-0.2, 0) is 17.7 Å². The predicted octanol–water partition coefficient (Wildman–Crippen LogP) is 3.96. The van der Waals surface area contributed by atoms with Crippen LogP contribution in [-0.4, -0.2) is 69.8 Å². The Hall–Kier alpha value is -3.88. The largest absolute Gasteiger partial charge is 0.497 e. The molecule has 1 fully saturated rings. The van der Waals surface area contributed by atoms with Crippen molar-refractivity contribution in [1.29, 1.82) is 0 Å². The maximum absolute atomic E-state index is 13.5. The Morgan fingerprint density at radius 3 is 2.56 bits per heavy atom. The van der Waals surface area contributed by atoms with Crippen LogP contribution >= 0.6 is 0 Å². The topological polar surface area (TPSA) is 83.1 Å². The summed E-state index contributed by atoms with van der Waals surface area (Å²) < 4.78 is 10.7. The first-order chi connectivity index (χ1) is 19.1. The van der Waals surface area contributed by atoms with Gasteiger partial charge in [-0.1, -0.05) is 30.3 Å². The van der Waals surface area contributed by atoms with Gasteiger partial charge in [0.05, 0.1) is 25.9 Å². The van der Waals surface area contributed by atoms with E-state index in [0.29, 0.717) is 29.1 Å². The third kappa shape index (κ3) is 6.77. The molecule has 0 unspecified atom stereocenters. The normalized spacial score (nSPS) is 15.4. The molecule has 204 valence electrons. The number of carbonyl (C=O) groups excluding carboxylic acids is 2. The Kier molecular flexibility index (Phi) is 8.75. The minimum Gasteiger partial charge on any atom is -0.497 e. The van der Waals surface area contributed by atoms with Gasteiger partial charge in [-0.25, -0.2) is 0 Å². The molecule has 2 N–H and O–H groups in total. The lowest BCUT2D eigenvalue weighted by Crippen LogP contribution is -2.38. The fourth-order valence-electron chi connectivity index (χ4n) is 5.16. The Bertz CT molecular complexity index is 1310. The van der Waals surface area contributed by atoms with Crippen LogP contribution in [0.4, 0.5) is 11.4 Å². The molecule has 2 aliphatic heterocycles. The van der Waals surface area contributed by atoms with Gasteiger partial charge in [-0.05, 0) is 66.9 Å². The van der Waals surface area contributed by atoms with Crippen molar-refractivity contribution in [1.82, 2.24) is 10.2 Å². The molecule has 2 heterocycles. The van der Waals surface area contributed by atoms with E-state index >= 15 is 0 Å². The van der Waals surface area contributed by atoms with Crippen LogP contribution < -0.4 is 20.3 Å². The highest BCUT2D eigenvalue weighted by atomic mass is 16.5. The summed E-state index contributed by atoms with van der Waals surface area (Å²) in [4.78, 5) is 31.1. The molecule has 2 aliphatic rings. The summed E-state index contributed by atoms with van der Waals surface area (Å²) >= 11 is 0. The molecule has 0 aliphatic carbocycles. The number of nitrogens with zero attached hydrogens (tertiary/aromatic N) is 2. The highest BCUT2D eigenvalue weighted by Gasteiger charge is 2.22. The maximum atomic E-state index is 13.5. The lowest BCUT2D eigenvalue weighted by atomic mass is 9.98. The second-order valence-corrected chi connectivity index (χ2v) is 9.92. The highest BCUT2D eigenvalue weighted by Crippen LogP contribution is 2.30. The van der Waals surface area contributed by atoms with Crippen molar-refractivity contribution in [3.05, 3.63) is 89.0 Å². The molecule has 3 aromatic carbocycles. The zero-order valence-corrected chi connectivity index (χ0v) is 22.4. The van der Waals surface area contributed by atoms with Gasteiger partial charge < -0.3 is 25.0 Å². The van der Waals surface area contributed by atoms with Gasteiger partial charge in [0.1, 0.15) is 5.75 Å². The Morgan fingerprint density at radius 1 is 0.923 bits per heavy atom. The zero-order valence-electron chi connectivity index (χ0n) is 22.4. The van der Waals surface area contributed by atoms with Crippen LogP contribution in [0.1, 0.15) is 38.3 Å². The molecular weight excluding hydrogens is 492 g/mol. The number of ether oxygens (including phenoxy) is 2. The molecule has 3 aromatic rings. The maximum Gasteiger partial charge on any atom is 0.255 e. The molecule has 0 spiro atoms. The molecule has 8 heteroatoms. The van der Waals surface area contributed by atoms with Gasteiger partial charge in [0.2, 0.25) is 0 Å². The molecule has 2 amide bonds. The molecular formula is C31H36N4O4. The zero-order chi connectivity index (χ0) is 27.0. The number of methoxy groups -OCH3 is 1. The van der Waals surface area contributed by atoms with E-state index in [1.165, 1.54) is 11.1 Å². The SMILES string of the molecule is COc1cccc(C(=O)Nc2ccc(N3CCc4ccccc4C3)c(C(=O)NCCCN3CCOCC3)c2)c1. The lowest BCUT2D eigenvalue weighted by molar-refractivity contribution is 0.0374. The average molecular weight is 529 g/mol. The number of morpholine rings is 1. The van der Waals surface area contributed by atoms with E-state index in [-0.39, 0.29) is 11.8 Å². The van der Waals surface area contributed by atoms with E-state index in [9.17, 15) is 9.59 Å². The Morgan fingerprint density at radius 2 is 1.74 bits per heavy atom. The number of fused-ring (bicyclic) bond motifs is 1. The average Bonchev–Trinajstić information content (AvgIpc) is 2.99. The van der Waals surface area contributed by atoms with Crippen LogP contribution in [0, 0.1) is 0 Å². The summed E-state index contributed by atoms with van der Waals surface area (Å²) in [5.41, 5.74) is 5.11. The lowest BCUT2D eigenvalue weighted by Gasteiger charge is -2.32. The predicted molar refractivity (Wildman–Crippen MR) is 153 cm³/mol. The molecule has 0 atom stereocenters. The van der Waals surface area contributed by atoms with Crippen LogP contribution in [0.15, 0.2) is 66.7 Å². The summed E-state index contributed by atoms with van der Waals surface area (Å²) in [6, 6.07) is 21.0. The van der Waals surface area contributed by atoms with Gasteiger partial charge in [0, 0.05) is 49.7 Å². The third-order valence-corrected chi connectivity index (χ3v) is 7.34. The first-order valence-electron chi connectivity index (χ1n) is 13.6. The summed E-state index contributed by atoms with van der Waals surface area (Å²) in [6.45, 7) is 6.47. The van der Waals surface area contributed by atoms with Crippen molar-refractivity contribution >= 4 is 23.2 Å². The van der Waals surface area contributed by atoms with Gasteiger partial charge in [0.15, 0.2) is 0 Å². The van der Waals surface area contributed by atoms with Gasteiger partial charge in [-0.3, -0.25) is 14.5 Å². The van der Waals surface area contributed by atoms with Crippen molar-refractivity contribution in [3.63, 3.8) is 0 Å². The molecule has 39 heavy (non-hydrogen) atoms. The quantitative estimate of drug-likeness (QED) is 0.409. The number of amides is 2. The van der Waals surface area contributed by atoms with E-state index in [2.05, 4.69) is 44.7 Å². The number of benzene rings is 3. The van der Waals surface area contributed by atoms with E-state index in [1.807, 2.05) is 12.1 Å². The van der Waals surface area contributed by atoms with Gasteiger partial charge >= 0.3 is 0 Å². The van der Waals surface area contributed by atoms with Gasteiger partial charge in [0.25, 0.3) is 11.8 Å². The van der Waals surface area contributed by atoms with Crippen molar-refractivity contribution in [2.45, 2.75) is 19.4 Å². The van der Waals surface area contributed by atoms with E-state index < -0.39 is 0 Å². The molecule has 1 saturated heterocycles. The first-order valence-corrected chi connectivity index (χ1v) is 13.6. The number of hydrogen-bond donors (Lipinski definition) is 2. The van der Waals surface area contributed by atoms with Crippen molar-refractivity contribution in [3.8, 4) is 5.75 Å². The van der Waals surface area contributed by atoms with Gasteiger partial charge in [-0.2, -0.15) is 0 Å². The summed E-state index contributed by atoms with van der Waals surface area (Å²) in [5, 5.41) is 6.06. The fourth-order valence-corrected chi connectivity index (χ4v) is 5.16. The summed E-state index contributed by atoms with van der Waals surface area (Å²) in [7, 11) is 1.57. The minimum absolute atomic E-state index is 0.136. The number of rotatable bonds is 9. The number of anilines is 2. The molecule has 0 radical (unpaired) electrons. The molecule has 0 saturated carbocycles. The number of nitrogens with one attached hydrogen (secondary N) is 2. The van der Waals surface area contributed by atoms with Crippen LogP contribution in [0.5, 0.6) is 5.75 Å². The molecule has 8 nitrogen and oxygen atoms in total. The van der Waals surface area contributed by atoms with Crippen molar-refractivity contribution < 1.29 is 19.1 Å². The van der Waals surface area contributed by atoms with Crippen molar-refractivity contribution in [2.75, 3.05) is 63.3 Å². The fraction of sp³-hybridized carbons (Fsp3) is 0.355. The third-order valence-electron chi connectivity index (χ3n) is 7.34. The molecule has 0 aromatic heterocycles. The van der Waals surface area contributed by atoms with E-state index in [1.54, 1.807) is 37.4 Å². The van der Waals surface area contributed by atoms with Crippen LogP contribution in [0.25, 0.3) is 0 Å². The number of carbonyl (C=O) groups is 2. The van der Waals surface area contributed by atoms with Crippen molar-refractivity contribution in [2.24, 2.45) is 0 Å². The second kappa shape index (κ2) is 12.8. The van der Waals surface area contributed by atoms with Gasteiger partial charge in [-0.15, -0.1) is 0 Å². The molecule has 5 rings (SSSR count). The standard InChI is InChI=1S/C31H36N4O4/c1-38-27-9-4-8-24(20-27)30(36)33-26-10-11-29(35-15-12-23-6-2-3-7-25(23)22-35)28(21-26)31(37)32-13-5-14-34-16-18-39-19-17-34/h2-4,6-11,20-21H,5,12-19,22H2,1H3,(H,32,37)(H,33,36). The molecule has 0 bridgehead atoms. The summed E-state index contributed by atoms with van der Waals surface area (Å²) in [6.07, 6.45) is 1.79. The smallest absolute Gasteiger partial charge is 0.255 e. The second-order valence-electron chi connectivity index (χ2n) is 9.92.